The quantitative estimate of drug-likeness (QED) is 0.740. The van der Waals surface area contributed by atoms with Crippen LogP contribution in [-0.4, -0.2) is 37.7 Å². The molecule has 1 heterocycles. The number of rotatable bonds is 4. The largest absolute Gasteiger partial charge is 0.378 e. The predicted octanol–water partition coefficient (Wildman–Crippen LogP) is 1.23. The van der Waals surface area contributed by atoms with Crippen LogP contribution in [0.4, 0.5) is 0 Å². The van der Waals surface area contributed by atoms with Crippen LogP contribution in [0.3, 0.4) is 0 Å². The normalized spacial score (nSPS) is 29.2. The first-order valence-electron chi connectivity index (χ1n) is 6.78. The van der Waals surface area contributed by atoms with E-state index >= 15 is 0 Å². The van der Waals surface area contributed by atoms with Crippen LogP contribution < -0.4 is 10.6 Å². The molecule has 2 unspecified atom stereocenters. The molecule has 1 aliphatic heterocycles. The van der Waals surface area contributed by atoms with Gasteiger partial charge in [-0.05, 0) is 25.8 Å². The summed E-state index contributed by atoms with van der Waals surface area (Å²) < 4.78 is 5.67. The van der Waals surface area contributed by atoms with Crippen molar-refractivity contribution >= 4 is 5.91 Å². The third-order valence-electron chi connectivity index (χ3n) is 4.40. The van der Waals surface area contributed by atoms with E-state index in [1.165, 1.54) is 5.57 Å². The molecule has 102 valence electrons. The van der Waals surface area contributed by atoms with Gasteiger partial charge in [-0.1, -0.05) is 13.8 Å². The highest BCUT2D eigenvalue weighted by Crippen LogP contribution is 2.42. The van der Waals surface area contributed by atoms with Gasteiger partial charge in [0.25, 0.3) is 0 Å². The van der Waals surface area contributed by atoms with Gasteiger partial charge in [-0.15, -0.1) is 0 Å². The molecule has 0 aromatic rings. The minimum atomic E-state index is 0.0362. The van der Waals surface area contributed by atoms with E-state index in [0.29, 0.717) is 0 Å². The van der Waals surface area contributed by atoms with E-state index in [2.05, 4.69) is 24.5 Å². The molecule has 0 bridgehead atoms. The summed E-state index contributed by atoms with van der Waals surface area (Å²) in [5.74, 6) is 0.0829. The fourth-order valence-corrected chi connectivity index (χ4v) is 2.56. The first-order chi connectivity index (χ1) is 8.46. The summed E-state index contributed by atoms with van der Waals surface area (Å²) in [7, 11) is 0. The van der Waals surface area contributed by atoms with E-state index in [-0.39, 0.29) is 23.5 Å². The molecule has 0 aromatic heterocycles. The number of hydrogen-bond acceptors (Lipinski definition) is 3. The monoisotopic (exact) mass is 252 g/mol. The number of hydrogen-bond donors (Lipinski definition) is 2. The van der Waals surface area contributed by atoms with Crippen molar-refractivity contribution in [2.24, 2.45) is 5.41 Å². The SMILES string of the molecule is CCOC1CC(NC(=O)C(C)=C2CNC2)C1(C)C. The molecule has 2 fully saturated rings. The minimum absolute atomic E-state index is 0.0362. The zero-order chi connectivity index (χ0) is 13.3. The topological polar surface area (TPSA) is 50.4 Å². The number of nitrogens with one attached hydrogen (secondary N) is 2. The van der Waals surface area contributed by atoms with E-state index in [0.717, 1.165) is 31.7 Å². The van der Waals surface area contributed by atoms with Gasteiger partial charge in [0.2, 0.25) is 5.91 Å². The molecule has 2 atom stereocenters. The molecule has 1 saturated heterocycles. The number of carbonyl (C=O) groups is 1. The second-order valence-corrected chi connectivity index (χ2v) is 5.86. The molecule has 4 heteroatoms. The van der Waals surface area contributed by atoms with E-state index in [9.17, 15) is 4.79 Å². The molecule has 2 aliphatic rings. The third kappa shape index (κ3) is 2.31. The zero-order valence-electron chi connectivity index (χ0n) is 11.8. The fourth-order valence-electron chi connectivity index (χ4n) is 2.56. The van der Waals surface area contributed by atoms with Gasteiger partial charge in [0, 0.05) is 36.7 Å². The molecular formula is C14H24N2O2. The lowest BCUT2D eigenvalue weighted by Crippen LogP contribution is -2.62. The van der Waals surface area contributed by atoms with Crippen molar-refractivity contribution in [3.63, 3.8) is 0 Å². The lowest BCUT2D eigenvalue weighted by molar-refractivity contribution is -0.133. The Morgan fingerprint density at radius 3 is 2.61 bits per heavy atom. The maximum Gasteiger partial charge on any atom is 0.247 e. The lowest BCUT2D eigenvalue weighted by atomic mass is 9.64. The average Bonchev–Trinajstić information content (AvgIpc) is 2.25. The first kappa shape index (κ1) is 13.6. The highest BCUT2D eigenvalue weighted by molar-refractivity contribution is 5.94. The Balaban J connectivity index is 1.90. The van der Waals surface area contributed by atoms with Gasteiger partial charge in [0.1, 0.15) is 0 Å². The van der Waals surface area contributed by atoms with Gasteiger partial charge in [0.05, 0.1) is 6.10 Å². The van der Waals surface area contributed by atoms with Crippen LogP contribution in [0.1, 0.15) is 34.1 Å². The minimum Gasteiger partial charge on any atom is -0.378 e. The van der Waals surface area contributed by atoms with Gasteiger partial charge in [-0.2, -0.15) is 0 Å². The Kier molecular flexibility index (Phi) is 3.78. The smallest absolute Gasteiger partial charge is 0.247 e. The van der Waals surface area contributed by atoms with E-state index in [1.807, 2.05) is 13.8 Å². The van der Waals surface area contributed by atoms with Crippen molar-refractivity contribution in [3.05, 3.63) is 11.1 Å². The van der Waals surface area contributed by atoms with Crippen molar-refractivity contribution in [2.75, 3.05) is 19.7 Å². The molecule has 1 saturated carbocycles. The summed E-state index contributed by atoms with van der Waals surface area (Å²) in [6, 6.07) is 0.227. The van der Waals surface area contributed by atoms with E-state index in [1.54, 1.807) is 0 Å². The summed E-state index contributed by atoms with van der Waals surface area (Å²) in [6.45, 7) is 10.7. The molecule has 4 nitrogen and oxygen atoms in total. The number of amides is 1. The van der Waals surface area contributed by atoms with Crippen LogP contribution in [0.25, 0.3) is 0 Å². The molecule has 2 N–H and O–H groups in total. The molecule has 2 rings (SSSR count). The third-order valence-corrected chi connectivity index (χ3v) is 4.40. The second-order valence-electron chi connectivity index (χ2n) is 5.86. The fraction of sp³-hybridized carbons (Fsp3) is 0.786. The molecule has 18 heavy (non-hydrogen) atoms. The van der Waals surface area contributed by atoms with Crippen LogP contribution in [0.15, 0.2) is 11.1 Å². The second kappa shape index (κ2) is 5.02. The summed E-state index contributed by atoms with van der Waals surface area (Å²) >= 11 is 0. The van der Waals surface area contributed by atoms with Crippen molar-refractivity contribution in [1.29, 1.82) is 0 Å². The van der Waals surface area contributed by atoms with Crippen molar-refractivity contribution in [3.8, 4) is 0 Å². The van der Waals surface area contributed by atoms with Gasteiger partial charge in [-0.3, -0.25) is 4.79 Å². The van der Waals surface area contributed by atoms with Crippen LogP contribution >= 0.6 is 0 Å². The molecule has 0 aromatic carbocycles. The lowest BCUT2D eigenvalue weighted by Gasteiger charge is -2.51. The summed E-state index contributed by atoms with van der Waals surface area (Å²) in [4.78, 5) is 12.1. The van der Waals surface area contributed by atoms with Crippen molar-refractivity contribution in [2.45, 2.75) is 46.3 Å². The zero-order valence-corrected chi connectivity index (χ0v) is 11.8. The van der Waals surface area contributed by atoms with Crippen LogP contribution in [-0.2, 0) is 9.53 Å². The Hall–Kier alpha value is -0.870. The molecular weight excluding hydrogens is 228 g/mol. The highest BCUT2D eigenvalue weighted by Gasteiger charge is 2.49. The Morgan fingerprint density at radius 2 is 2.17 bits per heavy atom. The van der Waals surface area contributed by atoms with Gasteiger partial charge >= 0.3 is 0 Å². The van der Waals surface area contributed by atoms with E-state index in [4.69, 9.17) is 4.74 Å². The van der Waals surface area contributed by atoms with E-state index < -0.39 is 0 Å². The summed E-state index contributed by atoms with van der Waals surface area (Å²) in [6.07, 6.45) is 1.19. The van der Waals surface area contributed by atoms with Crippen molar-refractivity contribution in [1.82, 2.24) is 10.6 Å². The maximum absolute atomic E-state index is 12.1. The first-order valence-corrected chi connectivity index (χ1v) is 6.78. The standard InChI is InChI=1S/C14H24N2O2/c1-5-18-12-6-11(14(12,3)4)16-13(17)9(2)10-7-15-8-10/h11-12,15H,5-8H2,1-4H3,(H,16,17). The predicted molar refractivity (Wildman–Crippen MR) is 71.3 cm³/mol. The van der Waals surface area contributed by atoms with Gasteiger partial charge in [-0.25, -0.2) is 0 Å². The Labute approximate surface area is 109 Å². The van der Waals surface area contributed by atoms with Crippen molar-refractivity contribution < 1.29 is 9.53 Å². The number of ether oxygens (including phenoxy) is 1. The number of carbonyl (C=O) groups excluding carboxylic acids is 1. The van der Waals surface area contributed by atoms with Gasteiger partial charge < -0.3 is 15.4 Å². The molecule has 1 amide bonds. The summed E-state index contributed by atoms with van der Waals surface area (Å²) in [5, 5.41) is 6.30. The average molecular weight is 252 g/mol. The Bertz CT molecular complexity index is 368. The molecule has 0 spiro atoms. The maximum atomic E-state index is 12.1. The highest BCUT2D eigenvalue weighted by atomic mass is 16.5. The van der Waals surface area contributed by atoms with Crippen LogP contribution in [0, 0.1) is 5.41 Å². The van der Waals surface area contributed by atoms with Gasteiger partial charge in [0.15, 0.2) is 0 Å². The van der Waals surface area contributed by atoms with Crippen LogP contribution in [0.5, 0.6) is 0 Å². The summed E-state index contributed by atoms with van der Waals surface area (Å²) in [5.41, 5.74) is 2.14. The molecule has 1 aliphatic carbocycles. The molecule has 0 radical (unpaired) electrons. The Morgan fingerprint density at radius 1 is 1.50 bits per heavy atom. The van der Waals surface area contributed by atoms with Crippen LogP contribution in [0.2, 0.25) is 0 Å².